The second-order valence-corrected chi connectivity index (χ2v) is 4.59. The van der Waals surface area contributed by atoms with Crippen molar-refractivity contribution in [2.24, 2.45) is 7.05 Å². The van der Waals surface area contributed by atoms with E-state index in [4.69, 9.17) is 5.11 Å². The number of carboxylic acid groups (broad SMARTS) is 1. The summed E-state index contributed by atoms with van der Waals surface area (Å²) in [5, 5.41) is 17.2. The van der Waals surface area contributed by atoms with Crippen molar-refractivity contribution in [1.29, 1.82) is 0 Å². The number of hydrogen-bond donors (Lipinski definition) is 2. The monoisotopic (exact) mass is 283 g/mol. The van der Waals surface area contributed by atoms with Gasteiger partial charge in [-0.3, -0.25) is 4.68 Å². The average Bonchev–Trinajstić information content (AvgIpc) is 2.90. The first-order chi connectivity index (χ1) is 10.1. The number of hydrogen-bond acceptors (Lipinski definition) is 5. The first kappa shape index (κ1) is 13.0. The van der Waals surface area contributed by atoms with E-state index in [0.717, 1.165) is 11.1 Å². The summed E-state index contributed by atoms with van der Waals surface area (Å²) in [6.07, 6.45) is 3.28. The van der Waals surface area contributed by atoms with Crippen molar-refractivity contribution in [3.63, 3.8) is 0 Å². The number of rotatable bonds is 4. The number of aromatic carboxylic acids is 1. The van der Waals surface area contributed by atoms with Crippen LogP contribution in [0.1, 0.15) is 16.1 Å². The molecule has 2 aromatic heterocycles. The van der Waals surface area contributed by atoms with Crippen LogP contribution in [0.25, 0.3) is 10.9 Å². The molecule has 0 aliphatic carbocycles. The molecule has 0 aliphatic rings. The third-order valence-electron chi connectivity index (χ3n) is 3.09. The Morgan fingerprint density at radius 1 is 1.33 bits per heavy atom. The van der Waals surface area contributed by atoms with Crippen LogP contribution in [0.2, 0.25) is 0 Å². The van der Waals surface area contributed by atoms with Crippen molar-refractivity contribution in [3.8, 4) is 0 Å². The topological polar surface area (TPSA) is 92.9 Å². The fourth-order valence-electron chi connectivity index (χ4n) is 2.06. The molecule has 0 amide bonds. The number of aromatic nitrogens is 4. The maximum absolute atomic E-state index is 11.0. The van der Waals surface area contributed by atoms with Crippen LogP contribution in [0, 0.1) is 0 Å². The van der Waals surface area contributed by atoms with Gasteiger partial charge in [-0.1, -0.05) is 0 Å². The second kappa shape index (κ2) is 5.20. The summed E-state index contributed by atoms with van der Waals surface area (Å²) in [5.41, 5.74) is 1.69. The molecule has 3 aromatic rings. The highest BCUT2D eigenvalue weighted by Crippen LogP contribution is 2.20. The van der Waals surface area contributed by atoms with Gasteiger partial charge in [0.2, 0.25) is 0 Å². The van der Waals surface area contributed by atoms with Crippen molar-refractivity contribution in [3.05, 3.63) is 48.0 Å². The van der Waals surface area contributed by atoms with E-state index in [1.807, 2.05) is 19.3 Å². The van der Waals surface area contributed by atoms with Crippen molar-refractivity contribution in [2.45, 2.75) is 6.54 Å². The van der Waals surface area contributed by atoms with E-state index in [0.29, 0.717) is 17.9 Å². The van der Waals surface area contributed by atoms with E-state index in [1.165, 1.54) is 12.4 Å². The summed E-state index contributed by atoms with van der Waals surface area (Å²) in [4.78, 5) is 19.3. The molecule has 7 nitrogen and oxygen atoms in total. The molecule has 2 N–H and O–H groups in total. The number of carbonyl (C=O) groups is 1. The fourth-order valence-corrected chi connectivity index (χ4v) is 2.06. The van der Waals surface area contributed by atoms with Crippen LogP contribution in [-0.2, 0) is 13.6 Å². The quantitative estimate of drug-likeness (QED) is 0.756. The normalized spacial score (nSPS) is 10.7. The first-order valence-electron chi connectivity index (χ1n) is 6.34. The van der Waals surface area contributed by atoms with E-state index in [1.54, 1.807) is 16.8 Å². The number of nitrogens with zero attached hydrogens (tertiary/aromatic N) is 4. The molecule has 3 rings (SSSR count). The molecular formula is C14H13N5O2. The van der Waals surface area contributed by atoms with Crippen molar-refractivity contribution >= 4 is 22.7 Å². The molecule has 2 heterocycles. The molecule has 0 radical (unpaired) electrons. The lowest BCUT2D eigenvalue weighted by atomic mass is 10.1. The summed E-state index contributed by atoms with van der Waals surface area (Å²) in [6.45, 7) is 0.535. The van der Waals surface area contributed by atoms with E-state index in [-0.39, 0.29) is 5.56 Å². The minimum Gasteiger partial charge on any atom is -0.478 e. The van der Waals surface area contributed by atoms with Gasteiger partial charge in [-0.05, 0) is 24.3 Å². The Kier molecular flexibility index (Phi) is 3.23. The van der Waals surface area contributed by atoms with Crippen LogP contribution in [0.5, 0.6) is 0 Å². The van der Waals surface area contributed by atoms with Gasteiger partial charge >= 0.3 is 5.97 Å². The predicted molar refractivity (Wildman–Crippen MR) is 77.0 cm³/mol. The van der Waals surface area contributed by atoms with Crippen molar-refractivity contribution in [2.75, 3.05) is 5.32 Å². The van der Waals surface area contributed by atoms with E-state index in [2.05, 4.69) is 20.4 Å². The zero-order valence-electron chi connectivity index (χ0n) is 11.3. The highest BCUT2D eigenvalue weighted by Gasteiger charge is 2.08. The average molecular weight is 283 g/mol. The minimum absolute atomic E-state index is 0.205. The largest absolute Gasteiger partial charge is 0.478 e. The fraction of sp³-hybridized carbons (Fsp3) is 0.143. The standard InChI is InChI=1S/C14H13N5O2/c1-19-5-4-10(18-19)7-15-13-11-3-2-9(14(20)21)6-12(11)16-8-17-13/h2-6,8H,7H2,1H3,(H,20,21)(H,15,16,17). The summed E-state index contributed by atoms with van der Waals surface area (Å²) < 4.78 is 1.73. The number of nitrogens with one attached hydrogen (secondary N) is 1. The van der Waals surface area contributed by atoms with Crippen LogP contribution in [0.3, 0.4) is 0 Å². The van der Waals surface area contributed by atoms with Gasteiger partial charge in [0.05, 0.1) is 23.3 Å². The van der Waals surface area contributed by atoms with Gasteiger partial charge in [0.1, 0.15) is 12.1 Å². The Morgan fingerprint density at radius 2 is 2.19 bits per heavy atom. The summed E-state index contributed by atoms with van der Waals surface area (Å²) >= 11 is 0. The Hall–Kier alpha value is -2.96. The maximum Gasteiger partial charge on any atom is 0.335 e. The molecule has 0 saturated carbocycles. The van der Waals surface area contributed by atoms with Crippen molar-refractivity contribution < 1.29 is 9.90 Å². The van der Waals surface area contributed by atoms with E-state index < -0.39 is 5.97 Å². The highest BCUT2D eigenvalue weighted by molar-refractivity contribution is 5.96. The van der Waals surface area contributed by atoms with Gasteiger partial charge in [0.15, 0.2) is 0 Å². The summed E-state index contributed by atoms with van der Waals surface area (Å²) in [7, 11) is 1.86. The summed E-state index contributed by atoms with van der Waals surface area (Å²) in [6, 6.07) is 6.70. The first-order valence-corrected chi connectivity index (χ1v) is 6.34. The molecule has 0 fully saturated rings. The molecule has 0 bridgehead atoms. The van der Waals surface area contributed by atoms with Gasteiger partial charge in [-0.15, -0.1) is 0 Å². The third kappa shape index (κ3) is 2.66. The highest BCUT2D eigenvalue weighted by atomic mass is 16.4. The SMILES string of the molecule is Cn1ccc(CNc2ncnc3cc(C(=O)O)ccc23)n1. The molecule has 0 unspecified atom stereocenters. The Morgan fingerprint density at radius 3 is 2.90 bits per heavy atom. The number of benzene rings is 1. The van der Waals surface area contributed by atoms with Crippen LogP contribution in [0.4, 0.5) is 5.82 Å². The molecule has 0 saturated heterocycles. The third-order valence-corrected chi connectivity index (χ3v) is 3.09. The van der Waals surface area contributed by atoms with Gasteiger partial charge in [0, 0.05) is 18.6 Å². The smallest absolute Gasteiger partial charge is 0.335 e. The van der Waals surface area contributed by atoms with Gasteiger partial charge < -0.3 is 10.4 Å². The number of aryl methyl sites for hydroxylation is 1. The zero-order valence-corrected chi connectivity index (χ0v) is 11.3. The lowest BCUT2D eigenvalue weighted by molar-refractivity contribution is 0.0697. The Bertz CT molecular complexity index is 812. The molecule has 0 spiro atoms. The second-order valence-electron chi connectivity index (χ2n) is 4.59. The number of fused-ring (bicyclic) bond motifs is 1. The Balaban J connectivity index is 1.90. The van der Waals surface area contributed by atoms with Gasteiger partial charge in [-0.2, -0.15) is 5.10 Å². The molecule has 7 heteroatoms. The lowest BCUT2D eigenvalue weighted by Crippen LogP contribution is -2.04. The molecule has 21 heavy (non-hydrogen) atoms. The maximum atomic E-state index is 11.0. The zero-order chi connectivity index (χ0) is 14.8. The van der Waals surface area contributed by atoms with Crippen LogP contribution < -0.4 is 5.32 Å². The minimum atomic E-state index is -0.974. The predicted octanol–water partition coefficient (Wildman–Crippen LogP) is 1.67. The summed E-state index contributed by atoms with van der Waals surface area (Å²) in [5.74, 6) is -0.318. The van der Waals surface area contributed by atoms with Gasteiger partial charge in [0.25, 0.3) is 0 Å². The molecular weight excluding hydrogens is 270 g/mol. The van der Waals surface area contributed by atoms with E-state index in [9.17, 15) is 4.79 Å². The van der Waals surface area contributed by atoms with Crippen LogP contribution in [-0.4, -0.2) is 30.8 Å². The number of anilines is 1. The van der Waals surface area contributed by atoms with Crippen molar-refractivity contribution in [1.82, 2.24) is 19.7 Å². The number of carboxylic acids is 1. The molecule has 0 aliphatic heterocycles. The molecule has 106 valence electrons. The molecule has 1 aromatic carbocycles. The van der Waals surface area contributed by atoms with Crippen LogP contribution in [0.15, 0.2) is 36.8 Å². The lowest BCUT2D eigenvalue weighted by Gasteiger charge is -2.07. The van der Waals surface area contributed by atoms with E-state index >= 15 is 0 Å². The van der Waals surface area contributed by atoms with Gasteiger partial charge in [-0.25, -0.2) is 14.8 Å². The van der Waals surface area contributed by atoms with Crippen LogP contribution >= 0.6 is 0 Å². The molecule has 0 atom stereocenters. The Labute approximate surface area is 120 Å².